The molecule has 0 aliphatic carbocycles. The fourth-order valence-electron chi connectivity index (χ4n) is 3.86. The molecule has 0 spiro atoms. The van der Waals surface area contributed by atoms with E-state index in [-0.39, 0.29) is 0 Å². The van der Waals surface area contributed by atoms with Gasteiger partial charge in [0, 0.05) is 0 Å². The van der Waals surface area contributed by atoms with Gasteiger partial charge in [-0.1, -0.05) is 87.6 Å². The first kappa shape index (κ1) is 22.3. The number of aromatic carboxylic acids is 1. The number of unbranched alkanes of at least 4 members (excludes halogenated alkanes) is 5. The van der Waals surface area contributed by atoms with Gasteiger partial charge in [-0.2, -0.15) is 5.26 Å². The Morgan fingerprint density at radius 3 is 2.00 bits per heavy atom. The van der Waals surface area contributed by atoms with Crippen LogP contribution in [-0.4, -0.2) is 11.1 Å². The maximum atomic E-state index is 11.8. The van der Waals surface area contributed by atoms with Gasteiger partial charge in [0.1, 0.15) is 0 Å². The van der Waals surface area contributed by atoms with Gasteiger partial charge in [-0.3, -0.25) is 0 Å². The van der Waals surface area contributed by atoms with Crippen LogP contribution in [-0.2, 0) is 6.42 Å². The minimum absolute atomic E-state index is 0.331. The summed E-state index contributed by atoms with van der Waals surface area (Å²) in [7, 11) is 0. The highest BCUT2D eigenvalue weighted by atomic mass is 16.4. The molecule has 0 radical (unpaired) electrons. The lowest BCUT2D eigenvalue weighted by molar-refractivity contribution is 0.0697. The monoisotopic (exact) mass is 411 g/mol. The molecule has 3 rings (SSSR count). The van der Waals surface area contributed by atoms with Crippen LogP contribution >= 0.6 is 0 Å². The Bertz CT molecular complexity index is 1040. The third-order valence-corrected chi connectivity index (χ3v) is 5.68. The first-order valence-electron chi connectivity index (χ1n) is 11.1. The van der Waals surface area contributed by atoms with Gasteiger partial charge in [0.15, 0.2) is 0 Å². The third-order valence-electron chi connectivity index (χ3n) is 5.68. The second-order valence-electron chi connectivity index (χ2n) is 7.97. The molecule has 0 saturated carbocycles. The fraction of sp³-hybridized carbons (Fsp3) is 0.286. The largest absolute Gasteiger partial charge is 0.478 e. The Labute approximate surface area is 185 Å². The molecule has 3 aromatic rings. The second-order valence-corrected chi connectivity index (χ2v) is 7.97. The van der Waals surface area contributed by atoms with E-state index in [0.717, 1.165) is 35.1 Å². The van der Waals surface area contributed by atoms with Crippen molar-refractivity contribution in [2.45, 2.75) is 51.9 Å². The average Bonchev–Trinajstić information content (AvgIpc) is 2.81. The summed E-state index contributed by atoms with van der Waals surface area (Å²) in [6.45, 7) is 2.22. The van der Waals surface area contributed by atoms with Gasteiger partial charge in [0.25, 0.3) is 0 Å². The molecular formula is C28H29NO2. The Morgan fingerprint density at radius 1 is 0.806 bits per heavy atom. The first-order valence-corrected chi connectivity index (χ1v) is 11.1. The molecule has 0 bridgehead atoms. The van der Waals surface area contributed by atoms with Crippen molar-refractivity contribution >= 4 is 5.97 Å². The predicted molar refractivity (Wildman–Crippen MR) is 126 cm³/mol. The van der Waals surface area contributed by atoms with Crippen LogP contribution in [0.15, 0.2) is 66.7 Å². The summed E-state index contributed by atoms with van der Waals surface area (Å²) in [6, 6.07) is 23.3. The van der Waals surface area contributed by atoms with Crippen molar-refractivity contribution in [3.63, 3.8) is 0 Å². The van der Waals surface area contributed by atoms with E-state index in [4.69, 9.17) is 5.26 Å². The standard InChI is InChI=1S/C28H29NO2/c1-2-3-4-5-6-7-8-21-11-18-26(28(30)31)27(19-21)25-16-14-24(15-17-25)23-12-9-22(20-29)10-13-23/h9-19H,2-8H2,1H3,(H,30,31). The van der Waals surface area contributed by atoms with Crippen LogP contribution in [0.3, 0.4) is 0 Å². The van der Waals surface area contributed by atoms with Crippen molar-refractivity contribution in [3.05, 3.63) is 83.4 Å². The Morgan fingerprint density at radius 2 is 1.39 bits per heavy atom. The van der Waals surface area contributed by atoms with Crippen molar-refractivity contribution < 1.29 is 9.90 Å². The zero-order chi connectivity index (χ0) is 22.1. The van der Waals surface area contributed by atoms with Crippen LogP contribution < -0.4 is 0 Å². The minimum atomic E-state index is -0.905. The highest BCUT2D eigenvalue weighted by Gasteiger charge is 2.13. The Balaban J connectivity index is 1.77. The zero-order valence-corrected chi connectivity index (χ0v) is 18.1. The van der Waals surface area contributed by atoms with Crippen molar-refractivity contribution in [3.8, 4) is 28.3 Å². The summed E-state index contributed by atoms with van der Waals surface area (Å²) >= 11 is 0. The first-order chi connectivity index (χ1) is 15.1. The molecule has 0 aliphatic rings. The van der Waals surface area contributed by atoms with E-state index in [2.05, 4.69) is 13.0 Å². The number of rotatable bonds is 10. The molecule has 0 atom stereocenters. The molecule has 0 aliphatic heterocycles. The number of carboxylic acid groups (broad SMARTS) is 1. The fourth-order valence-corrected chi connectivity index (χ4v) is 3.86. The lowest BCUT2D eigenvalue weighted by atomic mass is 9.93. The molecule has 158 valence electrons. The van der Waals surface area contributed by atoms with Crippen LogP contribution in [0.25, 0.3) is 22.3 Å². The van der Waals surface area contributed by atoms with E-state index in [0.29, 0.717) is 11.1 Å². The number of nitriles is 1. The summed E-state index contributed by atoms with van der Waals surface area (Å²) in [5.74, 6) is -0.905. The average molecular weight is 412 g/mol. The van der Waals surface area contributed by atoms with Crippen LogP contribution in [0.4, 0.5) is 0 Å². The highest BCUT2D eigenvalue weighted by Crippen LogP contribution is 2.29. The number of hydrogen-bond donors (Lipinski definition) is 1. The van der Waals surface area contributed by atoms with E-state index in [1.807, 2.05) is 48.5 Å². The molecule has 3 aromatic carbocycles. The molecule has 0 heterocycles. The van der Waals surface area contributed by atoms with Crippen LogP contribution in [0.5, 0.6) is 0 Å². The molecular weight excluding hydrogens is 382 g/mol. The van der Waals surface area contributed by atoms with E-state index in [9.17, 15) is 9.90 Å². The highest BCUT2D eigenvalue weighted by molar-refractivity contribution is 5.96. The van der Waals surface area contributed by atoms with Crippen molar-refractivity contribution in [1.82, 2.24) is 0 Å². The molecule has 0 aromatic heterocycles. The summed E-state index contributed by atoms with van der Waals surface area (Å²) in [5, 5.41) is 18.6. The molecule has 0 fully saturated rings. The van der Waals surface area contributed by atoms with Crippen molar-refractivity contribution in [2.75, 3.05) is 0 Å². The van der Waals surface area contributed by atoms with Gasteiger partial charge < -0.3 is 5.11 Å². The zero-order valence-electron chi connectivity index (χ0n) is 18.1. The van der Waals surface area contributed by atoms with Gasteiger partial charge >= 0.3 is 5.97 Å². The number of hydrogen-bond acceptors (Lipinski definition) is 2. The predicted octanol–water partition coefficient (Wildman–Crippen LogP) is 7.49. The Hall–Kier alpha value is -3.38. The molecule has 0 amide bonds. The Kier molecular flexibility index (Phi) is 8.01. The number of carboxylic acids is 1. The molecule has 31 heavy (non-hydrogen) atoms. The molecule has 3 nitrogen and oxygen atoms in total. The second kappa shape index (κ2) is 11.1. The van der Waals surface area contributed by atoms with E-state index in [1.54, 1.807) is 18.2 Å². The molecule has 0 saturated heterocycles. The number of benzene rings is 3. The summed E-state index contributed by atoms with van der Waals surface area (Å²) < 4.78 is 0. The SMILES string of the molecule is CCCCCCCCc1ccc(C(=O)O)c(-c2ccc(-c3ccc(C#N)cc3)cc2)c1. The number of nitrogens with zero attached hydrogens (tertiary/aromatic N) is 1. The molecule has 1 N–H and O–H groups in total. The topological polar surface area (TPSA) is 61.1 Å². The van der Waals surface area contributed by atoms with Gasteiger partial charge in [0.2, 0.25) is 0 Å². The van der Waals surface area contributed by atoms with E-state index in [1.165, 1.54) is 37.7 Å². The van der Waals surface area contributed by atoms with Crippen LogP contribution in [0.1, 0.15) is 66.9 Å². The number of aryl methyl sites for hydroxylation is 1. The molecule has 0 unspecified atom stereocenters. The van der Waals surface area contributed by atoms with Crippen molar-refractivity contribution in [2.24, 2.45) is 0 Å². The van der Waals surface area contributed by atoms with Crippen LogP contribution in [0.2, 0.25) is 0 Å². The minimum Gasteiger partial charge on any atom is -0.478 e. The van der Waals surface area contributed by atoms with Gasteiger partial charge in [0.05, 0.1) is 17.2 Å². The number of carbonyl (C=O) groups is 1. The summed E-state index contributed by atoms with van der Waals surface area (Å²) in [6.07, 6.45) is 8.45. The van der Waals surface area contributed by atoms with E-state index < -0.39 is 5.97 Å². The van der Waals surface area contributed by atoms with E-state index >= 15 is 0 Å². The smallest absolute Gasteiger partial charge is 0.336 e. The summed E-state index contributed by atoms with van der Waals surface area (Å²) in [4.78, 5) is 11.8. The maximum Gasteiger partial charge on any atom is 0.336 e. The molecule has 3 heteroatoms. The van der Waals surface area contributed by atoms with Crippen molar-refractivity contribution in [1.29, 1.82) is 5.26 Å². The lowest BCUT2D eigenvalue weighted by Gasteiger charge is -2.11. The van der Waals surface area contributed by atoms with Gasteiger partial charge in [-0.25, -0.2) is 4.79 Å². The third kappa shape index (κ3) is 6.06. The summed E-state index contributed by atoms with van der Waals surface area (Å²) in [5.41, 5.74) is 5.88. The maximum absolute atomic E-state index is 11.8. The lowest BCUT2D eigenvalue weighted by Crippen LogP contribution is -2.01. The normalized spacial score (nSPS) is 10.6. The quantitative estimate of drug-likeness (QED) is 0.351. The van der Waals surface area contributed by atoms with Gasteiger partial charge in [-0.15, -0.1) is 0 Å². The van der Waals surface area contributed by atoms with Crippen LogP contribution in [0, 0.1) is 11.3 Å². The van der Waals surface area contributed by atoms with Gasteiger partial charge in [-0.05, 0) is 58.9 Å².